The van der Waals surface area contributed by atoms with Gasteiger partial charge in [-0.25, -0.2) is 0 Å². The first-order chi connectivity index (χ1) is 17.0. The number of hydrogen-bond acceptors (Lipinski definition) is 3. The van der Waals surface area contributed by atoms with Crippen LogP contribution in [0.15, 0.2) is 36.4 Å². The summed E-state index contributed by atoms with van der Waals surface area (Å²) < 4.78 is 18.7. The molecule has 3 rings (SSSR count). The summed E-state index contributed by atoms with van der Waals surface area (Å²) in [4.78, 5) is 0. The van der Waals surface area contributed by atoms with Gasteiger partial charge in [-0.05, 0) is 121 Å². The van der Waals surface area contributed by atoms with Gasteiger partial charge in [-0.2, -0.15) is 0 Å². The molecule has 3 nitrogen and oxygen atoms in total. The summed E-state index contributed by atoms with van der Waals surface area (Å²) in [7, 11) is -1.78. The molecule has 37 heavy (non-hydrogen) atoms. The monoisotopic (exact) mass is 540 g/mol. The molecule has 2 aromatic rings. The largest absolute Gasteiger partial charge is 0.543 e. The highest BCUT2D eigenvalue weighted by molar-refractivity contribution is 6.75. The van der Waals surface area contributed by atoms with Gasteiger partial charge in [-0.3, -0.25) is 0 Å². The van der Waals surface area contributed by atoms with E-state index >= 15 is 0 Å². The number of hydrogen-bond donors (Lipinski definition) is 0. The fraction of sp³-hybridized carbons (Fsp3) is 0.625. The van der Waals surface area contributed by atoms with Crippen LogP contribution in [0.1, 0.15) is 82.6 Å². The van der Waals surface area contributed by atoms with Crippen LogP contribution in [0.2, 0.25) is 36.3 Å². The van der Waals surface area contributed by atoms with E-state index in [1.54, 1.807) is 7.11 Å². The van der Waals surface area contributed by atoms with Crippen molar-refractivity contribution in [2.24, 2.45) is 0 Å². The molecule has 0 saturated heterocycles. The normalized spacial score (nSPS) is 16.9. The smallest absolute Gasteiger partial charge is 0.250 e. The molecular formula is C32H52O3Si2. The topological polar surface area (TPSA) is 27.7 Å². The van der Waals surface area contributed by atoms with Crippen molar-refractivity contribution in [3.8, 4) is 11.5 Å². The third-order valence-electron chi connectivity index (χ3n) is 9.23. The third kappa shape index (κ3) is 7.30. The summed E-state index contributed by atoms with van der Waals surface area (Å²) in [6.07, 6.45) is 5.45. The van der Waals surface area contributed by atoms with Crippen molar-refractivity contribution in [3.05, 3.63) is 58.7 Å². The lowest BCUT2D eigenvalue weighted by Crippen LogP contribution is -2.43. The van der Waals surface area contributed by atoms with Crippen LogP contribution in [0.25, 0.3) is 0 Å². The Kier molecular flexibility index (Phi) is 9.13. The number of aryl methyl sites for hydroxylation is 2. The summed E-state index contributed by atoms with van der Waals surface area (Å²) in [5.74, 6) is 2.55. The first kappa shape index (κ1) is 30.0. The van der Waals surface area contributed by atoms with E-state index in [4.69, 9.17) is 13.6 Å². The van der Waals surface area contributed by atoms with E-state index in [0.717, 1.165) is 43.8 Å². The fourth-order valence-corrected chi connectivity index (χ4v) is 6.75. The number of methoxy groups -OCH3 is 1. The first-order valence-corrected chi connectivity index (χ1v) is 20.0. The van der Waals surface area contributed by atoms with E-state index in [-0.39, 0.29) is 10.1 Å². The summed E-state index contributed by atoms with van der Waals surface area (Å²) >= 11 is 0. The van der Waals surface area contributed by atoms with E-state index in [0.29, 0.717) is 5.92 Å². The van der Waals surface area contributed by atoms with Crippen molar-refractivity contribution < 1.29 is 13.6 Å². The fourth-order valence-electron chi connectivity index (χ4n) is 4.64. The van der Waals surface area contributed by atoms with E-state index in [9.17, 15) is 0 Å². The van der Waals surface area contributed by atoms with Crippen molar-refractivity contribution >= 4 is 16.6 Å². The molecule has 0 amide bonds. The quantitative estimate of drug-likeness (QED) is 0.234. The second-order valence-corrected chi connectivity index (χ2v) is 23.5. The van der Waals surface area contributed by atoms with Gasteiger partial charge in [0.25, 0.3) is 0 Å². The van der Waals surface area contributed by atoms with Gasteiger partial charge in [0.15, 0.2) is 8.32 Å². The molecule has 1 atom stereocenters. The Bertz CT molecular complexity index is 1060. The van der Waals surface area contributed by atoms with Crippen LogP contribution in [0.4, 0.5) is 0 Å². The van der Waals surface area contributed by atoms with Crippen LogP contribution in [0.3, 0.4) is 0 Å². The van der Waals surface area contributed by atoms with Crippen LogP contribution in [0.5, 0.6) is 11.5 Å². The molecular weight excluding hydrogens is 489 g/mol. The van der Waals surface area contributed by atoms with Crippen LogP contribution in [-0.2, 0) is 23.7 Å². The molecule has 1 aliphatic carbocycles. The average Bonchev–Trinajstić information content (AvgIpc) is 2.79. The van der Waals surface area contributed by atoms with Gasteiger partial charge in [-0.15, -0.1) is 0 Å². The number of benzene rings is 2. The zero-order valence-corrected chi connectivity index (χ0v) is 27.5. The Morgan fingerprint density at radius 3 is 2.08 bits per heavy atom. The molecule has 0 aliphatic heterocycles. The Morgan fingerprint density at radius 1 is 0.811 bits per heavy atom. The first-order valence-electron chi connectivity index (χ1n) is 14.2. The number of ether oxygens (including phenoxy) is 1. The van der Waals surface area contributed by atoms with Crippen molar-refractivity contribution in [3.63, 3.8) is 0 Å². The highest BCUT2D eigenvalue weighted by Crippen LogP contribution is 2.41. The van der Waals surface area contributed by atoms with Crippen LogP contribution in [0, 0.1) is 0 Å². The van der Waals surface area contributed by atoms with Crippen LogP contribution < -0.4 is 9.16 Å². The second-order valence-electron chi connectivity index (χ2n) is 14.0. The minimum Gasteiger partial charge on any atom is -0.543 e. The average molecular weight is 541 g/mol. The lowest BCUT2D eigenvalue weighted by molar-refractivity contribution is 0.282. The van der Waals surface area contributed by atoms with Crippen molar-refractivity contribution in [1.29, 1.82) is 0 Å². The number of fused-ring (bicyclic) bond motifs is 1. The minimum atomic E-state index is -1.83. The molecule has 206 valence electrons. The molecule has 5 heteroatoms. The molecule has 0 N–H and O–H groups in total. The molecule has 0 fully saturated rings. The SMILES string of the molecule is COc1ccc(C2CCc3cc(O[Si](C)(C)C(C)(C)C)ccc3C2)c(CCCO[Si](C)(C)C(C)(C)C)c1. The molecule has 1 aliphatic rings. The van der Waals surface area contributed by atoms with Gasteiger partial charge < -0.3 is 13.6 Å². The van der Waals surface area contributed by atoms with E-state index < -0.39 is 16.6 Å². The van der Waals surface area contributed by atoms with E-state index in [1.807, 2.05) is 0 Å². The molecule has 0 spiro atoms. The predicted octanol–water partition coefficient (Wildman–Crippen LogP) is 9.31. The molecule has 1 unspecified atom stereocenters. The minimum absolute atomic E-state index is 0.203. The number of rotatable bonds is 9. The summed E-state index contributed by atoms with van der Waals surface area (Å²) in [5, 5.41) is 0.452. The standard InChI is InChI=1S/C32H52O3Si2/c1-31(2,3)36(8,9)34-20-12-13-26-23-28(33-7)18-19-30(26)27-15-14-25-22-29(17-16-24(25)21-27)35-37(10,11)32(4,5)6/h16-19,22-23,27H,12-15,20-21H2,1-11H3. The maximum absolute atomic E-state index is 6.60. The molecule has 2 aromatic carbocycles. The summed E-state index contributed by atoms with van der Waals surface area (Å²) in [6, 6.07) is 13.5. The van der Waals surface area contributed by atoms with Crippen molar-refractivity contribution in [2.45, 2.75) is 116 Å². The molecule has 0 heterocycles. The lowest BCUT2D eigenvalue weighted by atomic mass is 9.78. The maximum Gasteiger partial charge on any atom is 0.250 e. The summed E-state index contributed by atoms with van der Waals surface area (Å²) in [6.45, 7) is 24.0. The third-order valence-corrected chi connectivity index (χ3v) is 18.1. The molecule has 0 saturated carbocycles. The highest BCUT2D eigenvalue weighted by Gasteiger charge is 2.39. The zero-order chi connectivity index (χ0) is 27.6. The van der Waals surface area contributed by atoms with Gasteiger partial charge in [0.2, 0.25) is 8.32 Å². The van der Waals surface area contributed by atoms with Gasteiger partial charge in [0.1, 0.15) is 11.5 Å². The van der Waals surface area contributed by atoms with Gasteiger partial charge in [-0.1, -0.05) is 53.7 Å². The Labute approximate surface area is 229 Å². The van der Waals surface area contributed by atoms with E-state index in [1.165, 1.54) is 28.7 Å². The highest BCUT2D eigenvalue weighted by atomic mass is 28.4. The van der Waals surface area contributed by atoms with E-state index in [2.05, 4.69) is 104 Å². The van der Waals surface area contributed by atoms with Gasteiger partial charge in [0, 0.05) is 6.61 Å². The van der Waals surface area contributed by atoms with Gasteiger partial charge >= 0.3 is 0 Å². The zero-order valence-electron chi connectivity index (χ0n) is 25.5. The van der Waals surface area contributed by atoms with Crippen LogP contribution in [-0.4, -0.2) is 30.4 Å². The Hall–Kier alpha value is -1.57. The molecule has 0 radical (unpaired) electrons. The second kappa shape index (κ2) is 11.3. The lowest BCUT2D eigenvalue weighted by Gasteiger charge is -2.37. The van der Waals surface area contributed by atoms with Gasteiger partial charge in [0.05, 0.1) is 7.11 Å². The molecule has 0 bridgehead atoms. The van der Waals surface area contributed by atoms with Crippen LogP contribution >= 0.6 is 0 Å². The summed E-state index contributed by atoms with van der Waals surface area (Å²) in [5.41, 5.74) is 5.84. The van der Waals surface area contributed by atoms with Crippen molar-refractivity contribution in [1.82, 2.24) is 0 Å². The Morgan fingerprint density at radius 2 is 1.46 bits per heavy atom. The maximum atomic E-state index is 6.60. The Balaban J connectivity index is 1.72. The van der Waals surface area contributed by atoms with Crippen molar-refractivity contribution in [2.75, 3.05) is 13.7 Å². The predicted molar refractivity (Wildman–Crippen MR) is 163 cm³/mol. The molecule has 0 aromatic heterocycles.